The van der Waals surface area contributed by atoms with Crippen LogP contribution in [0.4, 0.5) is 0 Å². The molecular formula is C13H20. The summed E-state index contributed by atoms with van der Waals surface area (Å²) in [7, 11) is 0. The minimum Gasteiger partial charge on any atom is -0.103 e. The van der Waals surface area contributed by atoms with E-state index in [0.717, 1.165) is 6.42 Å². The summed E-state index contributed by atoms with van der Waals surface area (Å²) in [6.45, 7) is 9.90. The molecule has 13 heavy (non-hydrogen) atoms. The third kappa shape index (κ3) is 7.32. The van der Waals surface area contributed by atoms with Gasteiger partial charge in [0.25, 0.3) is 0 Å². The van der Waals surface area contributed by atoms with Gasteiger partial charge < -0.3 is 0 Å². The highest BCUT2D eigenvalue weighted by atomic mass is 13.9. The number of aryl methyl sites for hydroxylation is 2. The van der Waals surface area contributed by atoms with Crippen molar-refractivity contribution in [3.8, 4) is 0 Å². The molecule has 0 saturated heterocycles. The molecule has 0 fully saturated rings. The van der Waals surface area contributed by atoms with E-state index in [2.05, 4.69) is 51.6 Å². The van der Waals surface area contributed by atoms with Crippen molar-refractivity contribution in [3.63, 3.8) is 0 Å². The van der Waals surface area contributed by atoms with E-state index < -0.39 is 0 Å². The molecule has 0 heterocycles. The second kappa shape index (κ2) is 7.60. The van der Waals surface area contributed by atoms with Gasteiger partial charge >= 0.3 is 0 Å². The monoisotopic (exact) mass is 176 g/mol. The zero-order valence-corrected chi connectivity index (χ0v) is 9.01. The highest BCUT2D eigenvalue weighted by molar-refractivity contribution is 5.20. The largest absolute Gasteiger partial charge is 0.103 e. The quantitative estimate of drug-likeness (QED) is 0.590. The van der Waals surface area contributed by atoms with E-state index in [1.807, 2.05) is 6.08 Å². The number of hydrogen-bond donors (Lipinski definition) is 0. The maximum atomic E-state index is 3.55. The van der Waals surface area contributed by atoms with Gasteiger partial charge in [0.15, 0.2) is 0 Å². The third-order valence-corrected chi connectivity index (χ3v) is 1.67. The molecule has 0 N–H and O–H groups in total. The number of hydrogen-bond acceptors (Lipinski definition) is 0. The fraction of sp³-hybridized carbons (Fsp3) is 0.385. The lowest BCUT2D eigenvalue weighted by atomic mass is 10.2. The van der Waals surface area contributed by atoms with Crippen molar-refractivity contribution in [2.75, 3.05) is 0 Å². The molecule has 0 radical (unpaired) electrons. The first-order valence-electron chi connectivity index (χ1n) is 4.84. The normalized spacial score (nSPS) is 8.54. The molecule has 0 aliphatic carbocycles. The standard InChI is InChI=1S/C8H10.C5H10/c1-7-4-3-5-8(2)6-7;1-3-5-4-2/h3-6H,1-2H3;3H,1,4-5H2,2H3. The van der Waals surface area contributed by atoms with Gasteiger partial charge in [-0.1, -0.05) is 54.8 Å². The molecule has 0 nitrogen and oxygen atoms in total. The maximum absolute atomic E-state index is 3.55. The van der Waals surface area contributed by atoms with Crippen LogP contribution in [0.25, 0.3) is 0 Å². The molecule has 0 aromatic heterocycles. The summed E-state index contributed by atoms with van der Waals surface area (Å²) >= 11 is 0. The highest BCUT2D eigenvalue weighted by Gasteiger charge is 1.80. The van der Waals surface area contributed by atoms with Gasteiger partial charge in [-0.3, -0.25) is 0 Å². The molecular weight excluding hydrogens is 156 g/mol. The molecule has 0 heteroatoms. The second-order valence-corrected chi connectivity index (χ2v) is 3.24. The summed E-state index contributed by atoms with van der Waals surface area (Å²) < 4.78 is 0. The van der Waals surface area contributed by atoms with Gasteiger partial charge in [-0.25, -0.2) is 0 Å². The van der Waals surface area contributed by atoms with Crippen molar-refractivity contribution < 1.29 is 0 Å². The summed E-state index contributed by atoms with van der Waals surface area (Å²) in [5.74, 6) is 0. The predicted molar refractivity (Wildman–Crippen MR) is 61.0 cm³/mol. The SMILES string of the molecule is C=CCCC.Cc1cccc(C)c1. The fourth-order valence-electron chi connectivity index (χ4n) is 1.01. The van der Waals surface area contributed by atoms with Gasteiger partial charge in [-0.2, -0.15) is 0 Å². The van der Waals surface area contributed by atoms with Crippen LogP contribution in [-0.2, 0) is 0 Å². The fourth-order valence-corrected chi connectivity index (χ4v) is 1.01. The number of benzene rings is 1. The Balaban J connectivity index is 0.000000252. The second-order valence-electron chi connectivity index (χ2n) is 3.24. The first kappa shape index (κ1) is 12.0. The van der Waals surface area contributed by atoms with Crippen LogP contribution in [0.2, 0.25) is 0 Å². The van der Waals surface area contributed by atoms with Crippen molar-refractivity contribution in [1.29, 1.82) is 0 Å². The zero-order chi connectivity index (χ0) is 10.1. The van der Waals surface area contributed by atoms with Crippen LogP contribution in [0.5, 0.6) is 0 Å². The summed E-state index contributed by atoms with van der Waals surface area (Å²) in [4.78, 5) is 0. The van der Waals surface area contributed by atoms with Crippen LogP contribution in [-0.4, -0.2) is 0 Å². The Bertz CT molecular complexity index is 218. The van der Waals surface area contributed by atoms with Crippen LogP contribution < -0.4 is 0 Å². The molecule has 1 aromatic rings. The Kier molecular flexibility index (Phi) is 6.99. The van der Waals surface area contributed by atoms with Crippen molar-refractivity contribution in [2.24, 2.45) is 0 Å². The number of rotatable bonds is 2. The maximum Gasteiger partial charge on any atom is -0.0356 e. The van der Waals surface area contributed by atoms with Gasteiger partial charge in [-0.05, 0) is 20.3 Å². The predicted octanol–water partition coefficient (Wildman–Crippen LogP) is 4.28. The van der Waals surface area contributed by atoms with E-state index in [1.54, 1.807) is 0 Å². The van der Waals surface area contributed by atoms with Crippen molar-refractivity contribution >= 4 is 0 Å². The number of unbranched alkanes of at least 4 members (excludes halogenated alkanes) is 1. The van der Waals surface area contributed by atoms with Crippen LogP contribution in [0.15, 0.2) is 36.9 Å². The van der Waals surface area contributed by atoms with Gasteiger partial charge in [0.2, 0.25) is 0 Å². The van der Waals surface area contributed by atoms with Crippen molar-refractivity contribution in [3.05, 3.63) is 48.0 Å². The van der Waals surface area contributed by atoms with Gasteiger partial charge in [0, 0.05) is 0 Å². The summed E-state index contributed by atoms with van der Waals surface area (Å²) in [6.07, 6.45) is 4.31. The summed E-state index contributed by atoms with van der Waals surface area (Å²) in [6, 6.07) is 8.45. The minimum absolute atomic E-state index is 1.15. The molecule has 72 valence electrons. The summed E-state index contributed by atoms with van der Waals surface area (Å²) in [5, 5.41) is 0. The van der Waals surface area contributed by atoms with E-state index in [4.69, 9.17) is 0 Å². The number of allylic oxidation sites excluding steroid dienone is 1. The van der Waals surface area contributed by atoms with E-state index in [1.165, 1.54) is 17.5 Å². The van der Waals surface area contributed by atoms with E-state index >= 15 is 0 Å². The Labute approximate surface area is 82.3 Å². The Morgan fingerprint density at radius 1 is 1.23 bits per heavy atom. The molecule has 0 saturated carbocycles. The van der Waals surface area contributed by atoms with E-state index in [-0.39, 0.29) is 0 Å². The van der Waals surface area contributed by atoms with Crippen LogP contribution in [0.1, 0.15) is 30.9 Å². The van der Waals surface area contributed by atoms with Gasteiger partial charge in [0.1, 0.15) is 0 Å². The molecule has 1 aromatic carbocycles. The average molecular weight is 176 g/mol. The smallest absolute Gasteiger partial charge is 0.0356 e. The van der Waals surface area contributed by atoms with Crippen LogP contribution in [0, 0.1) is 13.8 Å². The third-order valence-electron chi connectivity index (χ3n) is 1.67. The van der Waals surface area contributed by atoms with Gasteiger partial charge in [-0.15, -0.1) is 6.58 Å². The molecule has 0 unspecified atom stereocenters. The van der Waals surface area contributed by atoms with Gasteiger partial charge in [0.05, 0.1) is 0 Å². The molecule has 0 aliphatic heterocycles. The van der Waals surface area contributed by atoms with E-state index in [9.17, 15) is 0 Å². The van der Waals surface area contributed by atoms with E-state index in [0.29, 0.717) is 0 Å². The first-order chi connectivity index (χ1) is 6.20. The molecule has 0 atom stereocenters. The first-order valence-corrected chi connectivity index (χ1v) is 4.84. The van der Waals surface area contributed by atoms with Crippen LogP contribution >= 0.6 is 0 Å². The van der Waals surface area contributed by atoms with Crippen molar-refractivity contribution in [1.82, 2.24) is 0 Å². The lowest BCUT2D eigenvalue weighted by Crippen LogP contribution is -1.71. The van der Waals surface area contributed by atoms with Crippen LogP contribution in [0.3, 0.4) is 0 Å². The molecule has 0 spiro atoms. The molecule has 0 amide bonds. The minimum atomic E-state index is 1.15. The Hall–Kier alpha value is -1.04. The Morgan fingerprint density at radius 2 is 1.77 bits per heavy atom. The topological polar surface area (TPSA) is 0 Å². The highest BCUT2D eigenvalue weighted by Crippen LogP contribution is 2.00. The average Bonchev–Trinajstić information content (AvgIpc) is 2.06. The summed E-state index contributed by atoms with van der Waals surface area (Å²) in [5.41, 5.74) is 2.68. The lowest BCUT2D eigenvalue weighted by Gasteiger charge is -1.90. The lowest BCUT2D eigenvalue weighted by molar-refractivity contribution is 0.961. The molecule has 0 aliphatic rings. The Morgan fingerprint density at radius 3 is 1.92 bits per heavy atom. The molecule has 1 rings (SSSR count). The zero-order valence-electron chi connectivity index (χ0n) is 9.01. The molecule has 0 bridgehead atoms. The van der Waals surface area contributed by atoms with Crippen molar-refractivity contribution in [2.45, 2.75) is 33.6 Å².